The molecule has 2 radical (unpaired) electrons. The van der Waals surface area contributed by atoms with Crippen molar-refractivity contribution in [2.75, 3.05) is 0 Å². The summed E-state index contributed by atoms with van der Waals surface area (Å²) in [5, 5.41) is 1.51. The fourth-order valence-electron chi connectivity index (χ4n) is 1.50. The van der Waals surface area contributed by atoms with Crippen LogP contribution in [0.2, 0.25) is 6.55 Å². The molecule has 0 bridgehead atoms. The summed E-state index contributed by atoms with van der Waals surface area (Å²) in [6.45, 7) is 11.3. The highest BCUT2D eigenvalue weighted by Crippen LogP contribution is 2.20. The fraction of sp³-hybridized carbons (Fsp3) is 0.500. The minimum Gasteiger partial charge on any atom is -0.0688 e. The molecule has 0 heterocycles. The van der Waals surface area contributed by atoms with E-state index in [2.05, 4.69) is 52.4 Å². The van der Waals surface area contributed by atoms with E-state index < -0.39 is 0 Å². The van der Waals surface area contributed by atoms with Gasteiger partial charge < -0.3 is 0 Å². The van der Waals surface area contributed by atoms with Gasteiger partial charge in [-0.05, 0) is 17.9 Å². The highest BCUT2D eigenvalue weighted by molar-refractivity contribution is 6.52. The molecule has 0 aromatic heterocycles. The second-order valence-corrected chi connectivity index (χ2v) is 5.59. The van der Waals surface area contributed by atoms with Gasteiger partial charge in [0.15, 0.2) is 0 Å². The Labute approximate surface area is 84.2 Å². The molecule has 0 aliphatic heterocycles. The Kier molecular flexibility index (Phi) is 2.97. The molecule has 13 heavy (non-hydrogen) atoms. The van der Waals surface area contributed by atoms with Crippen molar-refractivity contribution in [3.8, 4) is 0 Å². The third-order valence-electron chi connectivity index (χ3n) is 2.25. The molecule has 0 nitrogen and oxygen atoms in total. The molecule has 1 aromatic rings. The van der Waals surface area contributed by atoms with Gasteiger partial charge >= 0.3 is 0 Å². The molecule has 1 aromatic carbocycles. The van der Waals surface area contributed by atoms with Crippen LogP contribution in [0, 0.1) is 6.92 Å². The highest BCUT2D eigenvalue weighted by atomic mass is 28.2. The van der Waals surface area contributed by atoms with E-state index in [4.69, 9.17) is 0 Å². The summed E-state index contributed by atoms with van der Waals surface area (Å²) < 4.78 is 0. The summed E-state index contributed by atoms with van der Waals surface area (Å²) in [5.74, 6) is 0. The topological polar surface area (TPSA) is 0 Å². The predicted octanol–water partition coefficient (Wildman–Crippen LogP) is 2.67. The third kappa shape index (κ3) is 2.44. The van der Waals surface area contributed by atoms with Crippen molar-refractivity contribution in [2.24, 2.45) is 0 Å². The van der Waals surface area contributed by atoms with Gasteiger partial charge in [-0.25, -0.2) is 0 Å². The van der Waals surface area contributed by atoms with E-state index in [0.29, 0.717) is 0 Å². The summed E-state index contributed by atoms with van der Waals surface area (Å²) >= 11 is 0. The summed E-state index contributed by atoms with van der Waals surface area (Å²) in [4.78, 5) is 0. The molecule has 0 unspecified atom stereocenters. The van der Waals surface area contributed by atoms with Gasteiger partial charge in [0.2, 0.25) is 0 Å². The number of hydrogen-bond acceptors (Lipinski definition) is 0. The lowest BCUT2D eigenvalue weighted by atomic mass is 9.86. The monoisotopic (exact) mass is 190 g/mol. The molecular formula is C12H18Si. The maximum absolute atomic E-state index is 2.33. The molecule has 0 spiro atoms. The van der Waals surface area contributed by atoms with Crippen LogP contribution in [-0.4, -0.2) is 9.52 Å². The minimum atomic E-state index is 0.282. The van der Waals surface area contributed by atoms with Gasteiger partial charge in [-0.2, -0.15) is 0 Å². The smallest absolute Gasteiger partial charge is 0.0688 e. The summed E-state index contributed by atoms with van der Waals surface area (Å²) in [6.07, 6.45) is 0. The van der Waals surface area contributed by atoms with Crippen LogP contribution in [-0.2, 0) is 5.41 Å². The highest BCUT2D eigenvalue weighted by Gasteiger charge is 2.16. The molecule has 1 rings (SSSR count). The van der Waals surface area contributed by atoms with Crippen molar-refractivity contribution < 1.29 is 0 Å². The van der Waals surface area contributed by atoms with Crippen LogP contribution in [0.5, 0.6) is 0 Å². The average molecular weight is 190 g/mol. The molecule has 0 saturated carbocycles. The van der Waals surface area contributed by atoms with E-state index in [1.807, 2.05) is 0 Å². The Hall–Kier alpha value is -0.563. The molecule has 0 aliphatic rings. The SMILES string of the molecule is C[Si]c1ccc(C)cc1C(C)(C)C. The maximum atomic E-state index is 2.33. The van der Waals surface area contributed by atoms with Gasteiger partial charge in [-0.3, -0.25) is 0 Å². The quantitative estimate of drug-likeness (QED) is 0.597. The number of hydrogen-bond donors (Lipinski definition) is 0. The first-order valence-electron chi connectivity index (χ1n) is 4.74. The van der Waals surface area contributed by atoms with E-state index in [9.17, 15) is 0 Å². The van der Waals surface area contributed by atoms with Gasteiger partial charge in [0, 0.05) is 0 Å². The third-order valence-corrected chi connectivity index (χ3v) is 3.23. The minimum absolute atomic E-state index is 0.282. The number of benzene rings is 1. The normalized spacial score (nSPS) is 11.8. The Bertz CT molecular complexity index is 294. The van der Waals surface area contributed by atoms with Crippen LogP contribution in [0.25, 0.3) is 0 Å². The second-order valence-electron chi connectivity index (χ2n) is 4.55. The zero-order valence-corrected chi connectivity index (χ0v) is 10.2. The van der Waals surface area contributed by atoms with Gasteiger partial charge in [0.25, 0.3) is 0 Å². The summed E-state index contributed by atoms with van der Waals surface area (Å²) in [7, 11) is 0.899. The lowest BCUT2D eigenvalue weighted by Crippen LogP contribution is -2.26. The molecule has 1 heteroatoms. The van der Waals surface area contributed by atoms with Crippen LogP contribution in [0.1, 0.15) is 31.9 Å². The molecule has 70 valence electrons. The fourth-order valence-corrected chi connectivity index (χ4v) is 2.46. The Balaban J connectivity index is 3.24. The Morgan fingerprint density at radius 2 is 1.77 bits per heavy atom. The molecule has 0 atom stereocenters. The zero-order valence-electron chi connectivity index (χ0n) is 9.23. The van der Waals surface area contributed by atoms with Gasteiger partial charge in [0.1, 0.15) is 0 Å². The van der Waals surface area contributed by atoms with Crippen LogP contribution >= 0.6 is 0 Å². The van der Waals surface area contributed by atoms with Crippen LogP contribution < -0.4 is 5.19 Å². The standard InChI is InChI=1S/C12H18Si/c1-9-6-7-11(13-5)10(8-9)12(2,3)4/h6-8H,1-5H3. The van der Waals surface area contributed by atoms with Crippen LogP contribution in [0.3, 0.4) is 0 Å². The first kappa shape index (κ1) is 10.5. The Morgan fingerprint density at radius 1 is 1.15 bits per heavy atom. The molecule has 0 amide bonds. The number of rotatable bonds is 1. The van der Waals surface area contributed by atoms with Crippen molar-refractivity contribution in [2.45, 2.75) is 39.7 Å². The van der Waals surface area contributed by atoms with Gasteiger partial charge in [0.05, 0.1) is 9.52 Å². The van der Waals surface area contributed by atoms with Gasteiger partial charge in [-0.1, -0.05) is 56.3 Å². The molecule has 0 fully saturated rings. The predicted molar refractivity (Wildman–Crippen MR) is 61.1 cm³/mol. The summed E-state index contributed by atoms with van der Waals surface area (Å²) in [5.41, 5.74) is 3.16. The zero-order chi connectivity index (χ0) is 10.1. The van der Waals surface area contributed by atoms with E-state index in [0.717, 1.165) is 9.52 Å². The average Bonchev–Trinajstić information content (AvgIpc) is 2.03. The second kappa shape index (κ2) is 3.67. The van der Waals surface area contributed by atoms with E-state index in [1.165, 1.54) is 16.3 Å². The van der Waals surface area contributed by atoms with Crippen molar-refractivity contribution in [3.63, 3.8) is 0 Å². The largest absolute Gasteiger partial charge is 0.0777 e. The molecule has 0 saturated heterocycles. The molecule has 0 N–H and O–H groups in total. The lowest BCUT2D eigenvalue weighted by Gasteiger charge is -2.23. The van der Waals surface area contributed by atoms with Crippen molar-refractivity contribution in [1.82, 2.24) is 0 Å². The van der Waals surface area contributed by atoms with Crippen molar-refractivity contribution in [1.29, 1.82) is 0 Å². The van der Waals surface area contributed by atoms with Gasteiger partial charge in [-0.15, -0.1) is 0 Å². The first-order chi connectivity index (χ1) is 5.95. The van der Waals surface area contributed by atoms with Crippen LogP contribution in [0.4, 0.5) is 0 Å². The van der Waals surface area contributed by atoms with E-state index >= 15 is 0 Å². The first-order valence-corrected chi connectivity index (χ1v) is 6.24. The Morgan fingerprint density at radius 3 is 2.23 bits per heavy atom. The van der Waals surface area contributed by atoms with Crippen molar-refractivity contribution >= 4 is 14.7 Å². The molecular weight excluding hydrogens is 172 g/mol. The lowest BCUT2D eigenvalue weighted by molar-refractivity contribution is 0.593. The van der Waals surface area contributed by atoms with E-state index in [-0.39, 0.29) is 5.41 Å². The van der Waals surface area contributed by atoms with Crippen molar-refractivity contribution in [3.05, 3.63) is 29.3 Å². The maximum Gasteiger partial charge on any atom is 0.0777 e. The van der Waals surface area contributed by atoms with E-state index in [1.54, 1.807) is 0 Å². The molecule has 0 aliphatic carbocycles. The number of aryl methyl sites for hydroxylation is 1. The summed E-state index contributed by atoms with van der Waals surface area (Å²) in [6, 6.07) is 6.81. The van der Waals surface area contributed by atoms with Crippen LogP contribution in [0.15, 0.2) is 18.2 Å².